The highest BCUT2D eigenvalue weighted by molar-refractivity contribution is 9.10. The molecule has 1 N–H and O–H groups in total. The van der Waals surface area contributed by atoms with Crippen molar-refractivity contribution < 1.29 is 0 Å². The van der Waals surface area contributed by atoms with E-state index in [2.05, 4.69) is 353 Å². The summed E-state index contributed by atoms with van der Waals surface area (Å²) in [6.45, 7) is 9.60. The van der Waals surface area contributed by atoms with Gasteiger partial charge in [-0.05, 0) is 130 Å². The summed E-state index contributed by atoms with van der Waals surface area (Å²) in [7, 11) is 0. The lowest BCUT2D eigenvalue weighted by Gasteiger charge is -2.23. The first-order chi connectivity index (χ1) is 56.5. The maximum absolute atomic E-state index is 5.19. The van der Waals surface area contributed by atoms with Crippen LogP contribution in [0.15, 0.2) is 368 Å². The van der Waals surface area contributed by atoms with Crippen molar-refractivity contribution in [3.8, 4) is 84.6 Å². The molecule has 0 saturated carbocycles. The fourth-order valence-corrected chi connectivity index (χ4v) is 19.4. The Morgan fingerprint density at radius 1 is 0.278 bits per heavy atom. The summed E-state index contributed by atoms with van der Waals surface area (Å²) in [6, 6.07) is 129. The Bertz CT molecular complexity index is 7690. The number of H-pyrrole nitrogens is 1. The van der Waals surface area contributed by atoms with Crippen molar-refractivity contribution in [2.24, 2.45) is 0 Å². The van der Waals surface area contributed by atoms with Crippen molar-refractivity contribution >= 4 is 125 Å². The molecule has 2 aliphatic carbocycles. The summed E-state index contributed by atoms with van der Waals surface area (Å²) in [5, 5.41) is 12.5. The van der Waals surface area contributed by atoms with Gasteiger partial charge < -0.3 is 18.7 Å². The van der Waals surface area contributed by atoms with Crippen molar-refractivity contribution in [3.05, 3.63) is 391 Å². The molecule has 0 aliphatic heterocycles. The fraction of sp³-hybridized carbons (Fsp3) is 0.0566. The number of aromatic nitrogens is 8. The summed E-state index contributed by atoms with van der Waals surface area (Å²) in [5.74, 6) is 1.46. The van der Waals surface area contributed by atoms with Gasteiger partial charge in [-0.1, -0.05) is 311 Å². The van der Waals surface area contributed by atoms with Crippen LogP contribution >= 0.6 is 15.9 Å². The smallest absolute Gasteiger partial charge is 0.160 e. The molecule has 0 spiro atoms. The van der Waals surface area contributed by atoms with E-state index in [0.717, 1.165) is 77.1 Å². The molecule has 0 radical (unpaired) electrons. The molecule has 16 aromatic carbocycles. The van der Waals surface area contributed by atoms with Gasteiger partial charge in [-0.15, -0.1) is 0 Å². The van der Waals surface area contributed by atoms with E-state index < -0.39 is 0 Å². The molecule has 0 unspecified atom stereocenters. The summed E-state index contributed by atoms with van der Waals surface area (Å²) in [4.78, 5) is 23.7. The SMILES string of the molecule is Brc1ccc(-c2nc(-c3ccccc3)c3ccccc3n2)cc1.CC1(C)c2ccccc2-c2c1c1c3ccccc3[nH]c1c1c3ccccc3n(-c3ccccc3)c21.CC1(C)c2ccccc2-c2c1c1c3ccccc3n(-c3ccc(-c4nc(-c5ccccc5)c5ccccc5n4)cc3)c1c1c3ccccc3n(-c3ccccc3)c21. The molecule has 544 valence electrons. The van der Waals surface area contributed by atoms with Crippen LogP contribution in [0.25, 0.3) is 194 Å². The Morgan fingerprint density at radius 3 is 1.13 bits per heavy atom. The second kappa shape index (κ2) is 26.5. The van der Waals surface area contributed by atoms with E-state index in [0.29, 0.717) is 5.82 Å². The average Bonchev–Trinajstić information content (AvgIpc) is 1.51. The Labute approximate surface area is 672 Å². The zero-order valence-electron chi connectivity index (χ0n) is 63.6. The lowest BCUT2D eigenvalue weighted by molar-refractivity contribution is 0.666. The second-order valence-corrected chi connectivity index (χ2v) is 32.2. The molecule has 115 heavy (non-hydrogen) atoms. The summed E-state index contributed by atoms with van der Waals surface area (Å²) >= 11 is 3.47. The standard InChI is InChI=1S/C53H36N4.C33H24N2.C20H13BrN2/c1-53(2)41-25-13-9-21-37(41)45-48(53)46-39-23-11-15-27-43(39)57(51(46)47-40-24-12-16-28-44(40)56(50(45)47)35-19-7-4-8-20-35)36-31-29-34(30-32-36)52-54-42-26-14-10-22-38(42)49(55-52)33-17-5-3-6-18-33;1-33(2)24-17-9-6-14-21(24)28-30(33)27-22-15-7-10-18-25(22)34-31(27)29-23-16-8-11-19-26(23)35(32(28)29)20-12-4-3-5-13-20;21-16-12-10-15(11-13-16)20-22-18-9-5-4-8-17(18)19(23-20)14-6-2-1-3-7-14/h3-32H,1-2H3;3-19,34H,1-2H3;1-13H. The molecule has 8 nitrogen and oxygen atoms in total. The lowest BCUT2D eigenvalue weighted by atomic mass is 9.80. The summed E-state index contributed by atoms with van der Waals surface area (Å²) in [6.07, 6.45) is 0. The number of benzene rings is 16. The highest BCUT2D eigenvalue weighted by Gasteiger charge is 2.43. The third kappa shape index (κ3) is 10.5. The van der Waals surface area contributed by atoms with E-state index in [1.807, 2.05) is 72.8 Å². The van der Waals surface area contributed by atoms with Gasteiger partial charge in [0.1, 0.15) is 0 Å². The normalized spacial score (nSPS) is 13.1. The van der Waals surface area contributed by atoms with Gasteiger partial charge in [0.15, 0.2) is 11.6 Å². The molecule has 9 heteroatoms. The predicted molar refractivity (Wildman–Crippen MR) is 482 cm³/mol. The zero-order chi connectivity index (χ0) is 76.8. The van der Waals surface area contributed by atoms with E-state index in [9.17, 15) is 0 Å². The number of nitrogens with zero attached hydrogens (tertiary/aromatic N) is 7. The number of rotatable bonds is 7. The molecule has 0 bridgehead atoms. The minimum atomic E-state index is -0.237. The first-order valence-corrected chi connectivity index (χ1v) is 40.2. The number of hydrogen-bond acceptors (Lipinski definition) is 4. The predicted octanol–water partition coefficient (Wildman–Crippen LogP) is 27.9. The van der Waals surface area contributed by atoms with E-state index in [-0.39, 0.29) is 10.8 Å². The third-order valence-electron chi connectivity index (χ3n) is 24.1. The Morgan fingerprint density at radius 2 is 0.635 bits per heavy atom. The van der Waals surface area contributed by atoms with Gasteiger partial charge in [-0.2, -0.15) is 0 Å². The molecular formula is C106H73BrN8. The van der Waals surface area contributed by atoms with Crippen molar-refractivity contribution in [1.82, 2.24) is 38.6 Å². The Balaban J connectivity index is 0.000000117. The maximum atomic E-state index is 5.19. The van der Waals surface area contributed by atoms with Crippen LogP contribution in [0.3, 0.4) is 0 Å². The molecule has 22 aromatic rings. The molecule has 6 aromatic heterocycles. The number of hydrogen-bond donors (Lipinski definition) is 1. The van der Waals surface area contributed by atoms with Crippen LogP contribution in [-0.2, 0) is 10.8 Å². The van der Waals surface area contributed by atoms with Gasteiger partial charge in [-0.3, -0.25) is 0 Å². The van der Waals surface area contributed by atoms with E-state index in [1.54, 1.807) is 0 Å². The van der Waals surface area contributed by atoms with Gasteiger partial charge in [-0.25, -0.2) is 19.9 Å². The zero-order valence-corrected chi connectivity index (χ0v) is 65.2. The van der Waals surface area contributed by atoms with Gasteiger partial charge in [0.2, 0.25) is 0 Å². The molecule has 0 atom stereocenters. The van der Waals surface area contributed by atoms with Crippen LogP contribution in [0.2, 0.25) is 0 Å². The average molecular weight is 1540 g/mol. The van der Waals surface area contributed by atoms with E-state index in [4.69, 9.17) is 19.9 Å². The summed E-state index contributed by atoms with van der Waals surface area (Å²) < 4.78 is 8.54. The molecule has 0 saturated heterocycles. The molecule has 0 fully saturated rings. The maximum Gasteiger partial charge on any atom is 0.160 e. The van der Waals surface area contributed by atoms with E-state index >= 15 is 0 Å². The number of para-hydroxylation sites is 8. The minimum Gasteiger partial charge on any atom is -0.354 e. The van der Waals surface area contributed by atoms with Gasteiger partial charge >= 0.3 is 0 Å². The van der Waals surface area contributed by atoms with Crippen molar-refractivity contribution in [3.63, 3.8) is 0 Å². The Hall–Kier alpha value is -14.1. The number of halogens is 1. The molecular weight excluding hydrogens is 1470 g/mol. The minimum absolute atomic E-state index is 0.110. The molecule has 0 amide bonds. The first kappa shape index (κ1) is 67.7. The van der Waals surface area contributed by atoms with Crippen molar-refractivity contribution in [2.75, 3.05) is 0 Å². The first-order valence-electron chi connectivity index (χ1n) is 39.4. The number of nitrogens with one attached hydrogen (secondary N) is 1. The fourth-order valence-electron chi connectivity index (χ4n) is 19.1. The number of fused-ring (bicyclic) bond motifs is 26. The quantitative estimate of drug-likeness (QED) is 0.172. The van der Waals surface area contributed by atoms with Crippen LogP contribution in [0.1, 0.15) is 49.9 Å². The van der Waals surface area contributed by atoms with Crippen LogP contribution in [0, 0.1) is 0 Å². The second-order valence-electron chi connectivity index (χ2n) is 31.3. The van der Waals surface area contributed by atoms with Crippen molar-refractivity contribution in [2.45, 2.75) is 38.5 Å². The van der Waals surface area contributed by atoms with Crippen LogP contribution < -0.4 is 0 Å². The largest absolute Gasteiger partial charge is 0.354 e. The molecule has 6 heterocycles. The lowest BCUT2D eigenvalue weighted by Crippen LogP contribution is -2.15. The van der Waals surface area contributed by atoms with Crippen LogP contribution in [-0.4, -0.2) is 38.6 Å². The van der Waals surface area contributed by atoms with Crippen LogP contribution in [0.4, 0.5) is 0 Å². The van der Waals surface area contributed by atoms with Crippen LogP contribution in [0.5, 0.6) is 0 Å². The number of aromatic amines is 1. The molecule has 2 aliphatic rings. The third-order valence-corrected chi connectivity index (χ3v) is 24.6. The molecule has 24 rings (SSSR count). The highest BCUT2D eigenvalue weighted by atomic mass is 79.9. The van der Waals surface area contributed by atoms with Gasteiger partial charge in [0, 0.05) is 125 Å². The van der Waals surface area contributed by atoms with Gasteiger partial charge in [0.25, 0.3) is 0 Å². The summed E-state index contributed by atoms with van der Waals surface area (Å²) in [5.41, 5.74) is 31.9. The monoisotopic (exact) mass is 1540 g/mol. The Kier molecular flexibility index (Phi) is 15.6. The van der Waals surface area contributed by atoms with E-state index in [1.165, 1.54) is 137 Å². The van der Waals surface area contributed by atoms with Crippen molar-refractivity contribution in [1.29, 1.82) is 0 Å². The van der Waals surface area contributed by atoms with Gasteiger partial charge in [0.05, 0.1) is 61.0 Å². The highest BCUT2D eigenvalue weighted by Crippen LogP contribution is 2.60. The topological polar surface area (TPSA) is 82.1 Å².